The van der Waals surface area contributed by atoms with Gasteiger partial charge in [-0.25, -0.2) is 4.98 Å². The summed E-state index contributed by atoms with van der Waals surface area (Å²) in [4.78, 5) is 4.44. The Morgan fingerprint density at radius 3 is 3.16 bits per heavy atom. The van der Waals surface area contributed by atoms with Crippen LogP contribution < -0.4 is 11.3 Å². The summed E-state index contributed by atoms with van der Waals surface area (Å²) in [5, 5.41) is 0. The van der Waals surface area contributed by atoms with Crippen molar-refractivity contribution >= 4 is 0 Å². The number of nitrogens with one attached hydrogen (secondary N) is 1. The number of rotatable bonds is 7. The fourth-order valence-electron chi connectivity index (χ4n) is 2.72. The van der Waals surface area contributed by atoms with Crippen LogP contribution in [0.1, 0.15) is 44.9 Å². The van der Waals surface area contributed by atoms with E-state index in [-0.39, 0.29) is 6.04 Å². The van der Waals surface area contributed by atoms with Gasteiger partial charge in [-0.05, 0) is 32.1 Å². The predicted molar refractivity (Wildman–Crippen MR) is 75.5 cm³/mol. The average Bonchev–Trinajstić information content (AvgIpc) is 2.87. The van der Waals surface area contributed by atoms with Gasteiger partial charge in [0.15, 0.2) is 0 Å². The van der Waals surface area contributed by atoms with Crippen LogP contribution in [0.15, 0.2) is 12.4 Å². The van der Waals surface area contributed by atoms with Crippen LogP contribution in [0.4, 0.5) is 0 Å². The van der Waals surface area contributed by atoms with Crippen molar-refractivity contribution in [2.24, 2.45) is 5.84 Å². The molecule has 0 aromatic carbocycles. The number of hydrogen-bond acceptors (Lipinski definition) is 4. The van der Waals surface area contributed by atoms with Crippen LogP contribution in [-0.2, 0) is 17.7 Å². The van der Waals surface area contributed by atoms with Crippen molar-refractivity contribution in [2.75, 3.05) is 6.61 Å². The van der Waals surface area contributed by atoms with Crippen molar-refractivity contribution in [3.8, 4) is 0 Å². The van der Waals surface area contributed by atoms with E-state index in [1.165, 1.54) is 12.8 Å². The highest BCUT2D eigenvalue weighted by Crippen LogP contribution is 2.18. The predicted octanol–water partition coefficient (Wildman–Crippen LogP) is 1.63. The van der Waals surface area contributed by atoms with Gasteiger partial charge in [-0.15, -0.1) is 0 Å². The lowest BCUT2D eigenvalue weighted by Crippen LogP contribution is -2.41. The molecule has 5 heteroatoms. The Bertz CT molecular complexity index is 360. The topological polar surface area (TPSA) is 65.1 Å². The molecule has 0 radical (unpaired) electrons. The molecule has 1 aliphatic rings. The zero-order chi connectivity index (χ0) is 13.5. The Morgan fingerprint density at radius 2 is 2.47 bits per heavy atom. The molecule has 108 valence electrons. The molecule has 1 aliphatic heterocycles. The van der Waals surface area contributed by atoms with E-state index in [4.69, 9.17) is 10.6 Å². The van der Waals surface area contributed by atoms with Crippen LogP contribution in [0.2, 0.25) is 0 Å². The lowest BCUT2D eigenvalue weighted by molar-refractivity contribution is 0.00508. The van der Waals surface area contributed by atoms with Gasteiger partial charge in [-0.1, -0.05) is 6.92 Å². The molecule has 0 saturated carbocycles. The molecular weight excluding hydrogens is 240 g/mol. The molecule has 1 aromatic rings. The van der Waals surface area contributed by atoms with Gasteiger partial charge >= 0.3 is 0 Å². The number of aryl methyl sites for hydroxylation is 1. The molecule has 2 heterocycles. The van der Waals surface area contributed by atoms with E-state index in [0.717, 1.165) is 44.7 Å². The Hall–Kier alpha value is -0.910. The fraction of sp³-hybridized carbons (Fsp3) is 0.786. The third kappa shape index (κ3) is 4.30. The van der Waals surface area contributed by atoms with Crippen LogP contribution in [0.25, 0.3) is 0 Å². The van der Waals surface area contributed by atoms with Gasteiger partial charge in [0.2, 0.25) is 0 Å². The van der Waals surface area contributed by atoms with E-state index in [2.05, 4.69) is 21.9 Å². The minimum Gasteiger partial charge on any atom is -0.378 e. The number of hydrogen-bond donors (Lipinski definition) is 2. The first-order valence-electron chi connectivity index (χ1n) is 7.41. The quantitative estimate of drug-likeness (QED) is 0.581. The smallest absolute Gasteiger partial charge is 0.110 e. The van der Waals surface area contributed by atoms with Crippen molar-refractivity contribution in [2.45, 2.75) is 64.1 Å². The zero-order valence-electron chi connectivity index (χ0n) is 11.8. The number of nitrogens with two attached hydrogens (primary N) is 1. The van der Waals surface area contributed by atoms with E-state index >= 15 is 0 Å². The van der Waals surface area contributed by atoms with E-state index in [9.17, 15) is 0 Å². The molecule has 1 saturated heterocycles. The normalized spacial score (nSPS) is 21.5. The van der Waals surface area contributed by atoms with Crippen LogP contribution >= 0.6 is 0 Å². The molecule has 0 bridgehead atoms. The summed E-state index contributed by atoms with van der Waals surface area (Å²) >= 11 is 0. The van der Waals surface area contributed by atoms with E-state index in [0.29, 0.717) is 6.10 Å². The SMILES string of the molecule is CCCn1ccnc1CC(CC1CCCCO1)NN. The molecular formula is C14H26N4O. The molecule has 2 atom stereocenters. The summed E-state index contributed by atoms with van der Waals surface area (Å²) in [6, 6.07) is 0.237. The van der Waals surface area contributed by atoms with Crippen molar-refractivity contribution in [1.29, 1.82) is 0 Å². The van der Waals surface area contributed by atoms with Gasteiger partial charge in [-0.2, -0.15) is 0 Å². The maximum absolute atomic E-state index is 5.78. The van der Waals surface area contributed by atoms with Crippen LogP contribution in [-0.4, -0.2) is 28.3 Å². The Kier molecular flexibility index (Phi) is 5.82. The van der Waals surface area contributed by atoms with Crippen molar-refractivity contribution in [1.82, 2.24) is 15.0 Å². The Labute approximate surface area is 115 Å². The van der Waals surface area contributed by atoms with Crippen LogP contribution in [0, 0.1) is 0 Å². The van der Waals surface area contributed by atoms with Crippen LogP contribution in [0.3, 0.4) is 0 Å². The number of hydrazine groups is 1. The molecule has 0 aliphatic carbocycles. The lowest BCUT2D eigenvalue weighted by Gasteiger charge is -2.26. The minimum absolute atomic E-state index is 0.237. The first-order chi connectivity index (χ1) is 9.33. The number of imidazole rings is 1. The molecule has 0 amide bonds. The monoisotopic (exact) mass is 266 g/mol. The fourth-order valence-corrected chi connectivity index (χ4v) is 2.72. The third-order valence-corrected chi connectivity index (χ3v) is 3.75. The van der Waals surface area contributed by atoms with E-state index < -0.39 is 0 Å². The van der Waals surface area contributed by atoms with Crippen molar-refractivity contribution in [3.05, 3.63) is 18.2 Å². The van der Waals surface area contributed by atoms with E-state index in [1.54, 1.807) is 0 Å². The van der Waals surface area contributed by atoms with Gasteiger partial charge < -0.3 is 9.30 Å². The molecule has 19 heavy (non-hydrogen) atoms. The van der Waals surface area contributed by atoms with Gasteiger partial charge in [0, 0.05) is 38.0 Å². The maximum Gasteiger partial charge on any atom is 0.110 e. The summed E-state index contributed by atoms with van der Waals surface area (Å²) in [7, 11) is 0. The molecule has 5 nitrogen and oxygen atoms in total. The van der Waals surface area contributed by atoms with Crippen LogP contribution in [0.5, 0.6) is 0 Å². The van der Waals surface area contributed by atoms with Gasteiger partial charge in [0.1, 0.15) is 5.82 Å². The molecule has 1 aromatic heterocycles. The summed E-state index contributed by atoms with van der Waals surface area (Å²) in [6.45, 7) is 4.09. The van der Waals surface area contributed by atoms with Crippen molar-refractivity contribution in [3.63, 3.8) is 0 Å². The summed E-state index contributed by atoms with van der Waals surface area (Å²) in [5.41, 5.74) is 2.92. The average molecular weight is 266 g/mol. The summed E-state index contributed by atoms with van der Waals surface area (Å²) in [6.07, 6.45) is 10.8. The molecule has 1 fully saturated rings. The number of nitrogens with zero attached hydrogens (tertiary/aromatic N) is 2. The molecule has 2 rings (SSSR count). The summed E-state index contributed by atoms with van der Waals surface area (Å²) in [5.74, 6) is 6.80. The molecule has 0 spiro atoms. The largest absolute Gasteiger partial charge is 0.378 e. The van der Waals surface area contributed by atoms with Gasteiger partial charge in [0.05, 0.1) is 6.10 Å². The highest BCUT2D eigenvalue weighted by atomic mass is 16.5. The minimum atomic E-state index is 0.237. The van der Waals surface area contributed by atoms with Gasteiger partial charge in [0.25, 0.3) is 0 Å². The number of ether oxygens (including phenoxy) is 1. The summed E-state index contributed by atoms with van der Waals surface area (Å²) < 4.78 is 8.00. The Morgan fingerprint density at radius 1 is 1.58 bits per heavy atom. The van der Waals surface area contributed by atoms with Crippen molar-refractivity contribution < 1.29 is 4.74 Å². The maximum atomic E-state index is 5.78. The number of aromatic nitrogens is 2. The second-order valence-electron chi connectivity index (χ2n) is 5.33. The third-order valence-electron chi connectivity index (χ3n) is 3.75. The zero-order valence-corrected chi connectivity index (χ0v) is 11.8. The highest BCUT2D eigenvalue weighted by molar-refractivity contribution is 4.96. The second kappa shape index (κ2) is 7.62. The van der Waals surface area contributed by atoms with E-state index in [1.807, 2.05) is 12.4 Å². The first-order valence-corrected chi connectivity index (χ1v) is 7.41. The van der Waals surface area contributed by atoms with Gasteiger partial charge in [-0.3, -0.25) is 11.3 Å². The highest BCUT2D eigenvalue weighted by Gasteiger charge is 2.20. The second-order valence-corrected chi connectivity index (χ2v) is 5.33. The lowest BCUT2D eigenvalue weighted by atomic mass is 10.00. The standard InChI is InChI=1S/C14H26N4O/c1-2-7-18-8-6-16-14(18)11-12(17-15)10-13-5-3-4-9-19-13/h6,8,12-13,17H,2-5,7,9-11,15H2,1H3. The molecule has 3 N–H and O–H groups in total. The molecule has 2 unspecified atom stereocenters. The Balaban J connectivity index is 1.88. The first kappa shape index (κ1) is 14.5.